The van der Waals surface area contributed by atoms with E-state index in [2.05, 4.69) is 4.98 Å². The number of nitriles is 1. The molecule has 0 radical (unpaired) electrons. The van der Waals surface area contributed by atoms with Crippen molar-refractivity contribution >= 4 is 10.0 Å². The summed E-state index contributed by atoms with van der Waals surface area (Å²) in [6.45, 7) is 1.79. The van der Waals surface area contributed by atoms with E-state index < -0.39 is 10.0 Å². The molecule has 0 aliphatic carbocycles. The second-order valence-electron chi connectivity index (χ2n) is 4.41. The third-order valence-electron chi connectivity index (χ3n) is 2.79. The Kier molecular flexibility index (Phi) is 4.21. The Balaban J connectivity index is 2.31. The first-order chi connectivity index (χ1) is 9.91. The van der Waals surface area contributed by atoms with Gasteiger partial charge in [-0.3, -0.25) is 0 Å². The SMILES string of the molecule is Cc1ccc(OCc2cccnc2C#N)c(S(N)(=O)=O)c1. The molecule has 0 saturated carbocycles. The fourth-order valence-corrected chi connectivity index (χ4v) is 2.53. The maximum atomic E-state index is 11.6. The molecule has 0 bridgehead atoms. The zero-order chi connectivity index (χ0) is 15.5. The molecule has 0 fully saturated rings. The van der Waals surface area contributed by atoms with Crippen molar-refractivity contribution < 1.29 is 13.2 Å². The number of sulfonamides is 1. The summed E-state index contributed by atoms with van der Waals surface area (Å²) in [7, 11) is -3.88. The standard InChI is InChI=1S/C14H13N3O3S/c1-10-4-5-13(14(7-10)21(16,18)19)20-9-11-3-2-6-17-12(11)8-15/h2-7H,9H2,1H3,(H2,16,18,19). The minimum atomic E-state index is -3.88. The molecule has 0 amide bonds. The van der Waals surface area contributed by atoms with E-state index in [0.717, 1.165) is 5.56 Å². The fourth-order valence-electron chi connectivity index (χ4n) is 1.77. The van der Waals surface area contributed by atoms with E-state index in [1.54, 1.807) is 25.1 Å². The van der Waals surface area contributed by atoms with Gasteiger partial charge in [-0.25, -0.2) is 18.5 Å². The zero-order valence-electron chi connectivity index (χ0n) is 11.3. The van der Waals surface area contributed by atoms with E-state index in [-0.39, 0.29) is 22.9 Å². The lowest BCUT2D eigenvalue weighted by molar-refractivity contribution is 0.297. The van der Waals surface area contributed by atoms with Crippen LogP contribution in [0.4, 0.5) is 0 Å². The number of benzene rings is 1. The van der Waals surface area contributed by atoms with Crippen LogP contribution in [0.3, 0.4) is 0 Å². The summed E-state index contributed by atoms with van der Waals surface area (Å²) in [5, 5.41) is 14.1. The van der Waals surface area contributed by atoms with Gasteiger partial charge < -0.3 is 4.74 Å². The van der Waals surface area contributed by atoms with E-state index in [1.807, 2.05) is 6.07 Å². The lowest BCUT2D eigenvalue weighted by Gasteiger charge is -2.11. The maximum absolute atomic E-state index is 11.6. The first kappa shape index (κ1) is 15.0. The minimum absolute atomic E-state index is 0.0301. The third kappa shape index (κ3) is 3.56. The quantitative estimate of drug-likeness (QED) is 0.921. The van der Waals surface area contributed by atoms with Crippen molar-refractivity contribution in [1.29, 1.82) is 5.26 Å². The summed E-state index contributed by atoms with van der Waals surface area (Å²) in [6, 6.07) is 10.0. The Morgan fingerprint density at radius 3 is 2.81 bits per heavy atom. The highest BCUT2D eigenvalue weighted by Crippen LogP contribution is 2.25. The molecule has 0 aliphatic rings. The van der Waals surface area contributed by atoms with Gasteiger partial charge in [-0.2, -0.15) is 5.26 Å². The second-order valence-corrected chi connectivity index (χ2v) is 5.94. The number of hydrogen-bond acceptors (Lipinski definition) is 5. The molecule has 1 heterocycles. The van der Waals surface area contributed by atoms with Crippen LogP contribution in [-0.2, 0) is 16.6 Å². The summed E-state index contributed by atoms with van der Waals surface area (Å²) in [5.74, 6) is 0.149. The Morgan fingerprint density at radius 2 is 2.14 bits per heavy atom. The molecule has 108 valence electrons. The number of rotatable bonds is 4. The maximum Gasteiger partial charge on any atom is 0.241 e. The third-order valence-corrected chi connectivity index (χ3v) is 3.72. The molecule has 2 rings (SSSR count). The molecule has 1 aromatic heterocycles. The molecule has 0 aliphatic heterocycles. The number of nitrogens with two attached hydrogens (primary N) is 1. The van der Waals surface area contributed by atoms with E-state index in [1.165, 1.54) is 18.3 Å². The normalized spacial score (nSPS) is 10.9. The highest BCUT2D eigenvalue weighted by Gasteiger charge is 2.16. The van der Waals surface area contributed by atoms with Crippen LogP contribution in [0.15, 0.2) is 41.4 Å². The molecule has 1 aromatic carbocycles. The topological polar surface area (TPSA) is 106 Å². The van der Waals surface area contributed by atoms with Gasteiger partial charge >= 0.3 is 0 Å². The molecule has 0 saturated heterocycles. The molecular weight excluding hydrogens is 290 g/mol. The van der Waals surface area contributed by atoms with Crippen molar-refractivity contribution in [3.63, 3.8) is 0 Å². The monoisotopic (exact) mass is 303 g/mol. The number of aromatic nitrogens is 1. The van der Waals surface area contributed by atoms with Gasteiger partial charge in [0.1, 0.15) is 29.0 Å². The number of aryl methyl sites for hydroxylation is 1. The van der Waals surface area contributed by atoms with Crippen LogP contribution < -0.4 is 9.88 Å². The summed E-state index contributed by atoms with van der Waals surface area (Å²) >= 11 is 0. The number of nitrogens with zero attached hydrogens (tertiary/aromatic N) is 2. The van der Waals surface area contributed by atoms with E-state index in [4.69, 9.17) is 15.1 Å². The van der Waals surface area contributed by atoms with E-state index >= 15 is 0 Å². The van der Waals surface area contributed by atoms with Crippen LogP contribution in [0, 0.1) is 18.3 Å². The van der Waals surface area contributed by atoms with Crippen molar-refractivity contribution in [1.82, 2.24) is 4.98 Å². The van der Waals surface area contributed by atoms with Gasteiger partial charge in [-0.1, -0.05) is 12.1 Å². The van der Waals surface area contributed by atoms with Gasteiger partial charge in [0.15, 0.2) is 0 Å². The first-order valence-electron chi connectivity index (χ1n) is 6.02. The Hall–Kier alpha value is -2.43. The second kappa shape index (κ2) is 5.91. The average Bonchev–Trinajstić information content (AvgIpc) is 2.45. The van der Waals surface area contributed by atoms with E-state index in [0.29, 0.717) is 5.56 Å². The van der Waals surface area contributed by atoms with E-state index in [9.17, 15) is 8.42 Å². The van der Waals surface area contributed by atoms with Crippen LogP contribution in [0.2, 0.25) is 0 Å². The molecule has 7 heteroatoms. The summed E-state index contributed by atoms with van der Waals surface area (Å²) in [5.41, 5.74) is 1.56. The van der Waals surface area contributed by atoms with Crippen molar-refractivity contribution in [3.8, 4) is 11.8 Å². The van der Waals surface area contributed by atoms with Gasteiger partial charge in [0, 0.05) is 11.8 Å². The number of hydrogen-bond donors (Lipinski definition) is 1. The summed E-state index contributed by atoms with van der Waals surface area (Å²) in [4.78, 5) is 3.83. The first-order valence-corrected chi connectivity index (χ1v) is 7.56. The fraction of sp³-hybridized carbons (Fsp3) is 0.143. The molecule has 21 heavy (non-hydrogen) atoms. The van der Waals surface area contributed by atoms with Crippen LogP contribution in [0.25, 0.3) is 0 Å². The van der Waals surface area contributed by atoms with Gasteiger partial charge in [-0.05, 0) is 30.7 Å². The Bertz CT molecular complexity index is 810. The van der Waals surface area contributed by atoms with Crippen LogP contribution in [0.5, 0.6) is 5.75 Å². The van der Waals surface area contributed by atoms with Gasteiger partial charge in [0.25, 0.3) is 0 Å². The Labute approximate surface area is 122 Å². The molecule has 0 spiro atoms. The summed E-state index contributed by atoms with van der Waals surface area (Å²) < 4.78 is 28.6. The van der Waals surface area contributed by atoms with Crippen LogP contribution >= 0.6 is 0 Å². The number of pyridine rings is 1. The molecule has 2 N–H and O–H groups in total. The lowest BCUT2D eigenvalue weighted by Crippen LogP contribution is -2.14. The zero-order valence-corrected chi connectivity index (χ0v) is 12.1. The number of ether oxygens (including phenoxy) is 1. The van der Waals surface area contributed by atoms with Crippen molar-refractivity contribution in [3.05, 3.63) is 53.3 Å². The predicted octanol–water partition coefficient (Wildman–Crippen LogP) is 1.49. The molecular formula is C14H13N3O3S. The van der Waals surface area contributed by atoms with Crippen molar-refractivity contribution in [2.45, 2.75) is 18.4 Å². The van der Waals surface area contributed by atoms with Gasteiger partial charge in [-0.15, -0.1) is 0 Å². The van der Waals surface area contributed by atoms with Crippen LogP contribution in [-0.4, -0.2) is 13.4 Å². The van der Waals surface area contributed by atoms with Crippen molar-refractivity contribution in [2.24, 2.45) is 5.14 Å². The molecule has 0 atom stereocenters. The van der Waals surface area contributed by atoms with Crippen LogP contribution in [0.1, 0.15) is 16.8 Å². The smallest absolute Gasteiger partial charge is 0.241 e. The highest BCUT2D eigenvalue weighted by atomic mass is 32.2. The van der Waals surface area contributed by atoms with Gasteiger partial charge in [0.2, 0.25) is 10.0 Å². The van der Waals surface area contributed by atoms with Gasteiger partial charge in [0.05, 0.1) is 0 Å². The Morgan fingerprint density at radius 1 is 1.38 bits per heavy atom. The highest BCUT2D eigenvalue weighted by molar-refractivity contribution is 7.89. The average molecular weight is 303 g/mol. The summed E-state index contributed by atoms with van der Waals surface area (Å²) in [6.07, 6.45) is 1.50. The lowest BCUT2D eigenvalue weighted by atomic mass is 10.2. The predicted molar refractivity (Wildman–Crippen MR) is 75.8 cm³/mol. The molecule has 6 nitrogen and oxygen atoms in total. The molecule has 0 unspecified atom stereocenters. The minimum Gasteiger partial charge on any atom is -0.487 e. The van der Waals surface area contributed by atoms with Crippen molar-refractivity contribution in [2.75, 3.05) is 0 Å². The number of primary sulfonamides is 1. The molecule has 2 aromatic rings. The largest absolute Gasteiger partial charge is 0.487 e.